The number of unbranched alkanes of at least 4 members (excludes halogenated alkanes) is 27. The van der Waals surface area contributed by atoms with Crippen LogP contribution in [0, 0.1) is 0 Å². The van der Waals surface area contributed by atoms with Crippen LogP contribution >= 0.6 is 7.82 Å². The van der Waals surface area contributed by atoms with Crippen molar-refractivity contribution in [2.45, 2.75) is 277 Å². The van der Waals surface area contributed by atoms with Gasteiger partial charge in [-0.15, -0.1) is 0 Å². The number of hydrogen-bond acceptors (Lipinski definition) is 7. The van der Waals surface area contributed by atoms with Gasteiger partial charge in [-0.2, -0.15) is 0 Å². The molecule has 1 N–H and O–H groups in total. The molecule has 0 aromatic carbocycles. The molecule has 0 aromatic rings. The Bertz CT molecular complexity index is 1640. The maximum absolute atomic E-state index is 13.5. The molecule has 0 heterocycles. The van der Waals surface area contributed by atoms with Gasteiger partial charge in [-0.3, -0.25) is 14.2 Å². The molecule has 0 saturated heterocycles. The topological polar surface area (TPSA) is 114 Å². The summed E-state index contributed by atoms with van der Waals surface area (Å²) in [6, 6.07) is -0.912. The Hall–Kier alpha value is -3.07. The van der Waals surface area contributed by atoms with Crippen LogP contribution in [0.3, 0.4) is 0 Å². The molecule has 0 spiro atoms. The average Bonchev–Trinajstić information content (AvgIpc) is 3.39. The van der Waals surface area contributed by atoms with E-state index in [1.807, 2.05) is 33.3 Å². The molecule has 0 saturated carbocycles. The highest BCUT2D eigenvalue weighted by molar-refractivity contribution is 7.45. The number of carbonyl (C=O) groups excluding carboxylic acids is 2. The van der Waals surface area contributed by atoms with Crippen LogP contribution in [0.25, 0.3) is 0 Å². The summed E-state index contributed by atoms with van der Waals surface area (Å²) in [4.78, 5) is 40.0. The van der Waals surface area contributed by atoms with Gasteiger partial charge in [0.15, 0.2) is 0 Å². The fraction of sp³-hybridized carbons (Fsp3) is 0.731. The van der Waals surface area contributed by atoms with E-state index in [2.05, 4.69) is 111 Å². The van der Waals surface area contributed by atoms with Crippen molar-refractivity contribution in [2.24, 2.45) is 0 Å². The van der Waals surface area contributed by atoms with Crippen LogP contribution in [-0.4, -0.2) is 69.4 Å². The highest BCUT2D eigenvalue weighted by Gasteiger charge is 2.27. The van der Waals surface area contributed by atoms with Crippen LogP contribution in [0.5, 0.6) is 0 Å². The second-order valence-electron chi connectivity index (χ2n) is 22.2. The predicted octanol–water partition coefficient (Wildman–Crippen LogP) is 18.9. The maximum Gasteiger partial charge on any atom is 0.306 e. The smallest absolute Gasteiger partial charge is 0.306 e. The van der Waals surface area contributed by atoms with E-state index in [9.17, 15) is 19.0 Å². The summed E-state index contributed by atoms with van der Waals surface area (Å²) in [5.41, 5.74) is 0. The molecular formula is C67H119N2O7P. The van der Waals surface area contributed by atoms with Crippen LogP contribution in [0.2, 0.25) is 0 Å². The molecule has 0 aliphatic rings. The molecule has 1 amide bonds. The van der Waals surface area contributed by atoms with Crippen molar-refractivity contribution in [3.63, 3.8) is 0 Å². The number of quaternary nitrogens is 1. The van der Waals surface area contributed by atoms with Gasteiger partial charge in [-0.1, -0.05) is 247 Å². The SMILES string of the molecule is CC/C=C\C/C=C\C/C=C\C/C=C\C/C=C\CCCCCCCCCC(=O)OC(/C=C\CCCCCCCCCCCC)C(COP(=O)([O-])OCC[N+](C)(C)C)NC(=O)CCCCC/C=C/C=C/CCCCCCCCC. The summed E-state index contributed by atoms with van der Waals surface area (Å²) < 4.78 is 30.3. The highest BCUT2D eigenvalue weighted by atomic mass is 31.2. The quantitative estimate of drug-likeness (QED) is 0.0161. The molecule has 0 aliphatic carbocycles. The molecule has 9 nitrogen and oxygen atoms in total. The molecule has 444 valence electrons. The summed E-state index contributed by atoms with van der Waals surface area (Å²) >= 11 is 0. The van der Waals surface area contributed by atoms with Crippen molar-refractivity contribution in [2.75, 3.05) is 40.9 Å². The van der Waals surface area contributed by atoms with E-state index in [0.29, 0.717) is 23.9 Å². The number of allylic oxidation sites excluding steroid dienone is 15. The van der Waals surface area contributed by atoms with Crippen molar-refractivity contribution in [3.8, 4) is 0 Å². The number of phosphoric ester groups is 1. The van der Waals surface area contributed by atoms with Gasteiger partial charge in [-0.05, 0) is 102 Å². The minimum absolute atomic E-state index is 0.0334. The summed E-state index contributed by atoms with van der Waals surface area (Å²) in [7, 11) is 1.15. The third-order valence-electron chi connectivity index (χ3n) is 13.5. The number of nitrogens with zero attached hydrogens (tertiary/aromatic N) is 1. The van der Waals surface area contributed by atoms with Crippen LogP contribution in [0.1, 0.15) is 265 Å². The average molecular weight is 1100 g/mol. The van der Waals surface area contributed by atoms with Gasteiger partial charge in [-0.25, -0.2) is 0 Å². The summed E-state index contributed by atoms with van der Waals surface area (Å²) in [5, 5.41) is 3.01. The zero-order valence-electron chi connectivity index (χ0n) is 50.6. The normalized spacial score (nSPS) is 14.3. The molecule has 0 radical (unpaired) electrons. The fourth-order valence-corrected chi connectivity index (χ4v) is 9.38. The molecule has 77 heavy (non-hydrogen) atoms. The first kappa shape index (κ1) is 73.9. The fourth-order valence-electron chi connectivity index (χ4n) is 8.66. The monoisotopic (exact) mass is 1090 g/mol. The Kier molecular flexibility index (Phi) is 54.0. The second kappa shape index (κ2) is 56.2. The molecule has 3 atom stereocenters. The van der Waals surface area contributed by atoms with E-state index in [-0.39, 0.29) is 31.3 Å². The lowest BCUT2D eigenvalue weighted by atomic mass is 10.0. The molecule has 0 aliphatic heterocycles. The van der Waals surface area contributed by atoms with E-state index >= 15 is 0 Å². The van der Waals surface area contributed by atoms with Gasteiger partial charge < -0.3 is 28.5 Å². The predicted molar refractivity (Wildman–Crippen MR) is 330 cm³/mol. The minimum Gasteiger partial charge on any atom is -0.756 e. The van der Waals surface area contributed by atoms with E-state index in [1.54, 1.807) is 0 Å². The summed E-state index contributed by atoms with van der Waals surface area (Å²) in [6.45, 7) is 6.69. The van der Waals surface area contributed by atoms with Crippen molar-refractivity contribution >= 4 is 19.7 Å². The lowest BCUT2D eigenvalue weighted by molar-refractivity contribution is -0.870. The van der Waals surface area contributed by atoms with Crippen LogP contribution < -0.4 is 10.2 Å². The molecule has 0 bridgehead atoms. The van der Waals surface area contributed by atoms with Crippen LogP contribution in [0.15, 0.2) is 97.2 Å². The van der Waals surface area contributed by atoms with Crippen molar-refractivity contribution in [1.29, 1.82) is 0 Å². The Labute approximate surface area is 475 Å². The van der Waals surface area contributed by atoms with Gasteiger partial charge in [0.2, 0.25) is 5.91 Å². The Morgan fingerprint density at radius 2 is 0.870 bits per heavy atom. The third-order valence-corrected chi connectivity index (χ3v) is 14.5. The van der Waals surface area contributed by atoms with Gasteiger partial charge in [0.25, 0.3) is 7.82 Å². The lowest BCUT2D eigenvalue weighted by Crippen LogP contribution is -2.47. The first-order valence-corrected chi connectivity index (χ1v) is 33.0. The molecule has 10 heteroatoms. The van der Waals surface area contributed by atoms with Gasteiger partial charge in [0, 0.05) is 12.8 Å². The van der Waals surface area contributed by atoms with Crippen molar-refractivity contribution in [1.82, 2.24) is 5.32 Å². The van der Waals surface area contributed by atoms with Gasteiger partial charge in [0.1, 0.15) is 19.3 Å². The lowest BCUT2D eigenvalue weighted by Gasteiger charge is -2.30. The minimum atomic E-state index is -4.71. The van der Waals surface area contributed by atoms with Gasteiger partial charge >= 0.3 is 5.97 Å². The Balaban J connectivity index is 5.28. The zero-order valence-corrected chi connectivity index (χ0v) is 51.5. The number of likely N-dealkylation sites (N-methyl/N-ethyl adjacent to an activating group) is 1. The Morgan fingerprint density at radius 1 is 0.481 bits per heavy atom. The standard InChI is InChI=1S/C67H119N2O7P/c1-7-10-13-16-19-22-25-28-30-32-33-34-35-36-37-38-40-42-45-48-51-54-57-60-67(71)76-65(58-55-52-49-46-43-27-24-21-18-15-12-9-3)64(63-75-77(72,73)74-62-61-69(4,5)6)68-66(70)59-56-53-50-47-44-41-39-31-29-26-23-20-17-14-11-8-2/h10,13,19,22,28,30-31,33-34,36-37,39,41,44,55,58,64-65H,7-9,11-12,14-18,20-21,23-27,29,32,35,38,40,42-43,45-54,56-57,59-63H2,1-6H3,(H-,68,70,72,73)/b13-10-,22-19-,30-28-,34-33-,37-36-,39-31+,44-41+,58-55-. The molecule has 0 fully saturated rings. The highest BCUT2D eigenvalue weighted by Crippen LogP contribution is 2.38. The second-order valence-corrected chi connectivity index (χ2v) is 23.6. The maximum atomic E-state index is 13.5. The number of amides is 1. The molecular weight excluding hydrogens is 976 g/mol. The largest absolute Gasteiger partial charge is 0.756 e. The number of ether oxygens (including phenoxy) is 1. The molecule has 3 unspecified atom stereocenters. The number of rotatable bonds is 56. The summed E-state index contributed by atoms with van der Waals surface area (Å²) in [6.07, 6.45) is 75.2. The molecule has 0 rings (SSSR count). The number of nitrogens with one attached hydrogen (secondary N) is 1. The van der Waals surface area contributed by atoms with Crippen LogP contribution in [-0.2, 0) is 27.9 Å². The van der Waals surface area contributed by atoms with Crippen molar-refractivity contribution < 1.29 is 37.3 Å². The number of carbonyl (C=O) groups is 2. The molecule has 0 aromatic heterocycles. The Morgan fingerprint density at radius 3 is 1.34 bits per heavy atom. The van der Waals surface area contributed by atoms with Crippen molar-refractivity contribution in [3.05, 3.63) is 97.2 Å². The van der Waals surface area contributed by atoms with E-state index < -0.39 is 26.6 Å². The number of esters is 1. The number of hydrogen-bond donors (Lipinski definition) is 1. The van der Waals surface area contributed by atoms with E-state index in [0.717, 1.165) is 103 Å². The first-order chi connectivity index (χ1) is 37.4. The third kappa shape index (κ3) is 57.4. The van der Waals surface area contributed by atoms with E-state index in [4.69, 9.17) is 13.8 Å². The number of phosphoric acid groups is 1. The zero-order chi connectivity index (χ0) is 56.4. The van der Waals surface area contributed by atoms with E-state index in [1.165, 1.54) is 116 Å². The summed E-state index contributed by atoms with van der Waals surface area (Å²) in [5.74, 6) is -0.587. The van der Waals surface area contributed by atoms with Crippen LogP contribution in [0.4, 0.5) is 0 Å². The first-order valence-electron chi connectivity index (χ1n) is 31.6. The van der Waals surface area contributed by atoms with Gasteiger partial charge in [0.05, 0.1) is 33.8 Å².